The van der Waals surface area contributed by atoms with E-state index in [2.05, 4.69) is 9.97 Å². The van der Waals surface area contributed by atoms with Crippen LogP contribution in [0, 0.1) is 0 Å². The Morgan fingerprint density at radius 1 is 1.47 bits per heavy atom. The monoisotopic (exact) mass is 273 g/mol. The first-order valence-electron chi connectivity index (χ1n) is 4.89. The molecule has 90 valence electrons. The highest BCUT2D eigenvalue weighted by molar-refractivity contribution is 6.34. The largest absolute Gasteiger partial charge is 0.458 e. The number of halogens is 2. The summed E-state index contributed by atoms with van der Waals surface area (Å²) in [5.41, 5.74) is 0.366. The van der Waals surface area contributed by atoms with E-state index in [1.54, 1.807) is 20.0 Å². The van der Waals surface area contributed by atoms with Gasteiger partial charge in [-0.25, -0.2) is 14.8 Å². The number of imidazole rings is 1. The third-order valence-corrected chi connectivity index (χ3v) is 2.60. The molecule has 0 unspecified atom stereocenters. The fourth-order valence-electron chi connectivity index (χ4n) is 1.32. The minimum atomic E-state index is -0.579. The Morgan fingerprint density at radius 2 is 2.18 bits per heavy atom. The van der Waals surface area contributed by atoms with Crippen molar-refractivity contribution in [3.05, 3.63) is 28.4 Å². The van der Waals surface area contributed by atoms with Gasteiger partial charge >= 0.3 is 5.97 Å². The molecule has 0 aromatic carbocycles. The first kappa shape index (κ1) is 12.1. The Balaban J connectivity index is 2.52. The Morgan fingerprint density at radius 3 is 2.76 bits per heavy atom. The molecule has 0 atom stereocenters. The summed E-state index contributed by atoms with van der Waals surface area (Å²) >= 11 is 11.9. The summed E-state index contributed by atoms with van der Waals surface area (Å²) in [6.07, 6.45) is 2.81. The van der Waals surface area contributed by atoms with Crippen LogP contribution in [0.1, 0.15) is 24.3 Å². The van der Waals surface area contributed by atoms with Crippen LogP contribution in [0.4, 0.5) is 0 Å². The first-order chi connectivity index (χ1) is 8.00. The molecule has 0 saturated carbocycles. The predicted octanol–water partition coefficient (Wildman–Crippen LogP) is 2.60. The number of aromatic nitrogens is 3. The van der Waals surface area contributed by atoms with Crippen molar-refractivity contribution in [2.24, 2.45) is 0 Å². The van der Waals surface area contributed by atoms with Crippen molar-refractivity contribution in [3.8, 4) is 0 Å². The van der Waals surface area contributed by atoms with Crippen molar-refractivity contribution in [3.63, 3.8) is 0 Å². The maximum absolute atomic E-state index is 11.7. The van der Waals surface area contributed by atoms with Gasteiger partial charge in [-0.3, -0.25) is 4.40 Å². The second-order valence-corrected chi connectivity index (χ2v) is 4.33. The number of ether oxygens (including phenoxy) is 1. The van der Waals surface area contributed by atoms with Crippen LogP contribution in [-0.2, 0) is 4.74 Å². The van der Waals surface area contributed by atoms with Gasteiger partial charge in [0, 0.05) is 12.4 Å². The molecule has 0 aliphatic heterocycles. The summed E-state index contributed by atoms with van der Waals surface area (Å²) in [5, 5.41) is 0.341. The topological polar surface area (TPSA) is 56.5 Å². The zero-order valence-corrected chi connectivity index (χ0v) is 10.7. The first-order valence-corrected chi connectivity index (χ1v) is 5.65. The van der Waals surface area contributed by atoms with Crippen LogP contribution in [0.3, 0.4) is 0 Å². The van der Waals surface area contributed by atoms with Gasteiger partial charge in [0.1, 0.15) is 5.15 Å². The van der Waals surface area contributed by atoms with Gasteiger partial charge in [0.25, 0.3) is 0 Å². The molecule has 0 bridgehead atoms. The van der Waals surface area contributed by atoms with E-state index in [-0.39, 0.29) is 22.1 Å². The predicted molar refractivity (Wildman–Crippen MR) is 63.6 cm³/mol. The zero-order chi connectivity index (χ0) is 12.6. The highest BCUT2D eigenvalue weighted by atomic mass is 35.5. The second-order valence-electron chi connectivity index (χ2n) is 3.62. The highest BCUT2D eigenvalue weighted by Crippen LogP contribution is 2.22. The summed E-state index contributed by atoms with van der Waals surface area (Å²) in [6, 6.07) is 0. The van der Waals surface area contributed by atoms with E-state index < -0.39 is 5.97 Å². The van der Waals surface area contributed by atoms with E-state index in [1.807, 2.05) is 0 Å². The van der Waals surface area contributed by atoms with E-state index in [0.717, 1.165) is 0 Å². The number of rotatable bonds is 2. The fraction of sp³-hybridized carbons (Fsp3) is 0.300. The van der Waals surface area contributed by atoms with E-state index in [0.29, 0.717) is 5.65 Å². The van der Waals surface area contributed by atoms with Gasteiger partial charge in [0.15, 0.2) is 16.5 Å². The van der Waals surface area contributed by atoms with Crippen LogP contribution < -0.4 is 0 Å². The van der Waals surface area contributed by atoms with E-state index in [4.69, 9.17) is 27.9 Å². The number of esters is 1. The average molecular weight is 274 g/mol. The third kappa shape index (κ3) is 2.21. The summed E-state index contributed by atoms with van der Waals surface area (Å²) in [6.45, 7) is 3.49. The number of fused-ring (bicyclic) bond motifs is 1. The van der Waals surface area contributed by atoms with E-state index in [9.17, 15) is 4.79 Å². The minimum absolute atomic E-state index is 0.0373. The number of hydrogen-bond acceptors (Lipinski definition) is 4. The summed E-state index contributed by atoms with van der Waals surface area (Å²) in [5.74, 6) is -0.579. The SMILES string of the molecule is CC(C)OC(=O)c1nc2c(Cl)nccn2c1Cl. The number of carbonyl (C=O) groups is 1. The van der Waals surface area contributed by atoms with Gasteiger partial charge in [-0.1, -0.05) is 23.2 Å². The lowest BCUT2D eigenvalue weighted by Gasteiger charge is -2.05. The van der Waals surface area contributed by atoms with Crippen LogP contribution in [0.15, 0.2) is 12.4 Å². The number of hydrogen-bond donors (Lipinski definition) is 0. The summed E-state index contributed by atoms with van der Waals surface area (Å²) in [7, 11) is 0. The molecule has 2 rings (SSSR count). The van der Waals surface area contributed by atoms with E-state index >= 15 is 0 Å². The highest BCUT2D eigenvalue weighted by Gasteiger charge is 2.21. The van der Waals surface area contributed by atoms with Crippen LogP contribution in [0.5, 0.6) is 0 Å². The molecule has 0 N–H and O–H groups in total. The van der Waals surface area contributed by atoms with Gasteiger partial charge in [0.05, 0.1) is 6.10 Å². The lowest BCUT2D eigenvalue weighted by molar-refractivity contribution is 0.0372. The van der Waals surface area contributed by atoms with Crippen molar-refractivity contribution in [2.75, 3.05) is 0 Å². The number of carbonyl (C=O) groups excluding carboxylic acids is 1. The van der Waals surface area contributed by atoms with Crippen molar-refractivity contribution in [1.29, 1.82) is 0 Å². The Hall–Kier alpha value is -1.33. The average Bonchev–Trinajstić information content (AvgIpc) is 2.57. The van der Waals surface area contributed by atoms with Crippen molar-refractivity contribution in [2.45, 2.75) is 20.0 Å². The zero-order valence-electron chi connectivity index (χ0n) is 9.15. The van der Waals surface area contributed by atoms with Crippen LogP contribution >= 0.6 is 23.2 Å². The fourth-order valence-corrected chi connectivity index (χ4v) is 1.76. The smallest absolute Gasteiger partial charge is 0.360 e. The van der Waals surface area contributed by atoms with Crippen LogP contribution in [-0.4, -0.2) is 26.4 Å². The lowest BCUT2D eigenvalue weighted by Crippen LogP contribution is -2.12. The van der Waals surface area contributed by atoms with Crippen LogP contribution in [0.25, 0.3) is 5.65 Å². The second kappa shape index (κ2) is 4.50. The molecule has 2 aromatic rings. The molecule has 0 fully saturated rings. The molecule has 2 aromatic heterocycles. The molecule has 2 heterocycles. The molecular weight excluding hydrogens is 265 g/mol. The summed E-state index contributed by atoms with van der Waals surface area (Å²) in [4.78, 5) is 19.6. The maximum atomic E-state index is 11.7. The maximum Gasteiger partial charge on any atom is 0.360 e. The van der Waals surface area contributed by atoms with Gasteiger partial charge in [-0.2, -0.15) is 0 Å². The molecule has 5 nitrogen and oxygen atoms in total. The molecule has 17 heavy (non-hydrogen) atoms. The van der Waals surface area contributed by atoms with Gasteiger partial charge in [-0.05, 0) is 13.8 Å². The molecule has 0 amide bonds. The molecule has 7 heteroatoms. The number of nitrogens with zero attached hydrogens (tertiary/aromatic N) is 3. The summed E-state index contributed by atoms with van der Waals surface area (Å²) < 4.78 is 6.50. The van der Waals surface area contributed by atoms with Crippen molar-refractivity contribution >= 4 is 34.8 Å². The third-order valence-electron chi connectivity index (χ3n) is 1.98. The molecule has 0 aliphatic rings. The van der Waals surface area contributed by atoms with Gasteiger partial charge in [0.2, 0.25) is 0 Å². The molecule has 0 spiro atoms. The van der Waals surface area contributed by atoms with Gasteiger partial charge in [-0.15, -0.1) is 0 Å². The van der Waals surface area contributed by atoms with Gasteiger partial charge < -0.3 is 4.74 Å². The molecule has 0 aliphatic carbocycles. The minimum Gasteiger partial charge on any atom is -0.458 e. The van der Waals surface area contributed by atoms with Crippen molar-refractivity contribution in [1.82, 2.24) is 14.4 Å². The standard InChI is InChI=1S/C10H9Cl2N3O2/c1-5(2)17-10(16)6-8(12)15-4-3-13-7(11)9(15)14-6/h3-5H,1-2H3. The normalized spacial score (nSPS) is 11.1. The molecule has 0 radical (unpaired) electrons. The lowest BCUT2D eigenvalue weighted by atomic mass is 10.4. The molecule has 0 saturated heterocycles. The Kier molecular flexibility index (Phi) is 3.22. The van der Waals surface area contributed by atoms with E-state index in [1.165, 1.54) is 10.6 Å². The van der Waals surface area contributed by atoms with Crippen LogP contribution in [0.2, 0.25) is 10.3 Å². The Labute approximate surface area is 107 Å². The quantitative estimate of drug-likeness (QED) is 0.790. The molecular formula is C10H9Cl2N3O2. The Bertz CT molecular complexity index is 580. The van der Waals surface area contributed by atoms with Crippen molar-refractivity contribution < 1.29 is 9.53 Å².